The predicted molar refractivity (Wildman–Crippen MR) is 36.3 cm³/mol. The lowest BCUT2D eigenvalue weighted by molar-refractivity contribution is -0.112. The van der Waals surface area contributed by atoms with E-state index in [4.69, 9.17) is 11.6 Å². The standard InChI is InChI=1S/C5H5ClOS/c6-4-1-5(7)3-8-2-4/h1H,2-3H2. The maximum atomic E-state index is 10.5. The molecule has 0 atom stereocenters. The molecule has 0 radical (unpaired) electrons. The predicted octanol–water partition coefficient (Wildman–Crippen LogP) is 1.43. The lowest BCUT2D eigenvalue weighted by Gasteiger charge is -2.02. The zero-order valence-electron chi connectivity index (χ0n) is 4.19. The highest BCUT2D eigenvalue weighted by Gasteiger charge is 2.06. The number of ketones is 1. The number of halogens is 1. The van der Waals surface area contributed by atoms with Gasteiger partial charge in [-0.1, -0.05) is 11.6 Å². The Balaban J connectivity index is 2.64. The van der Waals surface area contributed by atoms with Crippen LogP contribution in [0.5, 0.6) is 0 Å². The number of carbonyl (C=O) groups excluding carboxylic acids is 1. The van der Waals surface area contributed by atoms with Crippen molar-refractivity contribution >= 4 is 29.1 Å². The molecule has 0 fully saturated rings. The van der Waals surface area contributed by atoms with E-state index in [-0.39, 0.29) is 5.78 Å². The fourth-order valence-corrected chi connectivity index (χ4v) is 1.53. The Bertz CT molecular complexity index is 141. The van der Waals surface area contributed by atoms with Gasteiger partial charge in [0.2, 0.25) is 0 Å². The van der Waals surface area contributed by atoms with Gasteiger partial charge in [-0.05, 0) is 6.08 Å². The second-order valence-corrected chi connectivity index (χ2v) is 3.02. The zero-order chi connectivity index (χ0) is 5.98. The van der Waals surface area contributed by atoms with E-state index in [0.717, 1.165) is 5.75 Å². The minimum atomic E-state index is 0.131. The van der Waals surface area contributed by atoms with Crippen LogP contribution in [0, 0.1) is 0 Å². The van der Waals surface area contributed by atoms with Gasteiger partial charge in [0, 0.05) is 10.8 Å². The molecule has 0 saturated carbocycles. The van der Waals surface area contributed by atoms with E-state index in [1.54, 1.807) is 11.8 Å². The fourth-order valence-electron chi connectivity index (χ4n) is 0.507. The highest BCUT2D eigenvalue weighted by Crippen LogP contribution is 2.16. The van der Waals surface area contributed by atoms with Gasteiger partial charge in [-0.3, -0.25) is 4.79 Å². The first-order valence-corrected chi connectivity index (χ1v) is 3.79. The van der Waals surface area contributed by atoms with E-state index in [0.29, 0.717) is 10.8 Å². The summed E-state index contributed by atoms with van der Waals surface area (Å²) in [5, 5.41) is 0.672. The summed E-state index contributed by atoms with van der Waals surface area (Å²) in [6.07, 6.45) is 1.50. The first kappa shape index (κ1) is 6.17. The van der Waals surface area contributed by atoms with E-state index < -0.39 is 0 Å². The molecule has 44 valence electrons. The number of hydrogen-bond acceptors (Lipinski definition) is 2. The third-order valence-corrected chi connectivity index (χ3v) is 2.21. The molecule has 0 N–H and O–H groups in total. The third kappa shape index (κ3) is 1.53. The molecular weight excluding hydrogens is 144 g/mol. The molecule has 0 saturated heterocycles. The number of carbonyl (C=O) groups is 1. The molecule has 0 bridgehead atoms. The number of hydrogen-bond donors (Lipinski definition) is 0. The summed E-state index contributed by atoms with van der Waals surface area (Å²) >= 11 is 7.09. The monoisotopic (exact) mass is 148 g/mol. The molecule has 0 aromatic heterocycles. The largest absolute Gasteiger partial charge is 0.294 e. The maximum absolute atomic E-state index is 10.5. The van der Waals surface area contributed by atoms with Gasteiger partial charge in [0.1, 0.15) is 0 Å². The van der Waals surface area contributed by atoms with Crippen molar-refractivity contribution in [3.8, 4) is 0 Å². The number of rotatable bonds is 0. The van der Waals surface area contributed by atoms with Crippen molar-refractivity contribution in [2.24, 2.45) is 0 Å². The molecule has 1 nitrogen and oxygen atoms in total. The van der Waals surface area contributed by atoms with E-state index >= 15 is 0 Å². The van der Waals surface area contributed by atoms with E-state index in [9.17, 15) is 4.79 Å². The van der Waals surface area contributed by atoms with E-state index in [2.05, 4.69) is 0 Å². The summed E-state index contributed by atoms with van der Waals surface area (Å²) in [4.78, 5) is 10.5. The molecule has 0 aromatic rings. The van der Waals surface area contributed by atoms with E-state index in [1.807, 2.05) is 0 Å². The van der Waals surface area contributed by atoms with Crippen molar-refractivity contribution in [3.05, 3.63) is 11.1 Å². The van der Waals surface area contributed by atoms with Crippen LogP contribution in [0.25, 0.3) is 0 Å². The minimum Gasteiger partial charge on any atom is -0.294 e. The summed E-state index contributed by atoms with van der Waals surface area (Å²) in [5.74, 6) is 1.52. The summed E-state index contributed by atoms with van der Waals surface area (Å²) < 4.78 is 0. The Hall–Kier alpha value is 0.0500. The molecule has 0 spiro atoms. The molecule has 1 rings (SSSR count). The SMILES string of the molecule is O=C1C=C(Cl)CSC1. The summed E-state index contributed by atoms with van der Waals surface area (Å²) in [6, 6.07) is 0. The molecule has 3 heteroatoms. The molecule has 0 amide bonds. The van der Waals surface area contributed by atoms with Crippen LogP contribution >= 0.6 is 23.4 Å². The molecule has 1 heterocycles. The Labute approximate surface area is 57.1 Å². The molecule has 0 aliphatic carbocycles. The third-order valence-electron chi connectivity index (χ3n) is 0.802. The molecule has 0 aromatic carbocycles. The van der Waals surface area contributed by atoms with Crippen molar-refractivity contribution in [3.63, 3.8) is 0 Å². The van der Waals surface area contributed by atoms with Crippen molar-refractivity contribution in [2.75, 3.05) is 11.5 Å². The minimum absolute atomic E-state index is 0.131. The Morgan fingerprint density at radius 3 is 2.75 bits per heavy atom. The van der Waals surface area contributed by atoms with E-state index in [1.165, 1.54) is 6.08 Å². The number of thioether (sulfide) groups is 1. The van der Waals surface area contributed by atoms with Crippen molar-refractivity contribution < 1.29 is 4.79 Å². The lowest BCUT2D eigenvalue weighted by Crippen LogP contribution is -2.03. The topological polar surface area (TPSA) is 17.1 Å². The van der Waals surface area contributed by atoms with Gasteiger partial charge in [-0.2, -0.15) is 0 Å². The molecule has 8 heavy (non-hydrogen) atoms. The first-order chi connectivity index (χ1) is 3.79. The average Bonchev–Trinajstić information content (AvgIpc) is 1.64. The second kappa shape index (κ2) is 2.55. The van der Waals surface area contributed by atoms with Gasteiger partial charge in [0.05, 0.1) is 5.75 Å². The fraction of sp³-hybridized carbons (Fsp3) is 0.400. The summed E-state index contributed by atoms with van der Waals surface area (Å²) in [7, 11) is 0. The smallest absolute Gasteiger partial charge is 0.166 e. The molecule has 1 aliphatic rings. The first-order valence-electron chi connectivity index (χ1n) is 2.25. The van der Waals surface area contributed by atoms with Crippen LogP contribution in [0.4, 0.5) is 0 Å². The molecule has 0 unspecified atom stereocenters. The van der Waals surface area contributed by atoms with Crippen LogP contribution in [0.3, 0.4) is 0 Å². The zero-order valence-corrected chi connectivity index (χ0v) is 5.76. The average molecular weight is 149 g/mol. The van der Waals surface area contributed by atoms with Crippen LogP contribution in [-0.2, 0) is 4.79 Å². The normalized spacial score (nSPS) is 20.6. The summed E-state index contributed by atoms with van der Waals surface area (Å²) in [5.41, 5.74) is 0. The van der Waals surface area contributed by atoms with Crippen LogP contribution in [0.15, 0.2) is 11.1 Å². The van der Waals surface area contributed by atoms with Gasteiger partial charge < -0.3 is 0 Å². The van der Waals surface area contributed by atoms with Crippen molar-refractivity contribution in [1.82, 2.24) is 0 Å². The van der Waals surface area contributed by atoms with Gasteiger partial charge >= 0.3 is 0 Å². The second-order valence-electron chi connectivity index (χ2n) is 1.55. The van der Waals surface area contributed by atoms with Crippen LogP contribution in [0.1, 0.15) is 0 Å². The van der Waals surface area contributed by atoms with Crippen LogP contribution in [0.2, 0.25) is 0 Å². The van der Waals surface area contributed by atoms with Gasteiger partial charge in [-0.15, -0.1) is 11.8 Å². The van der Waals surface area contributed by atoms with Gasteiger partial charge in [-0.25, -0.2) is 0 Å². The molecule has 1 aliphatic heterocycles. The highest BCUT2D eigenvalue weighted by molar-refractivity contribution is 8.00. The van der Waals surface area contributed by atoms with Crippen molar-refractivity contribution in [2.45, 2.75) is 0 Å². The summed E-state index contributed by atoms with van der Waals surface area (Å²) in [6.45, 7) is 0. The maximum Gasteiger partial charge on any atom is 0.166 e. The highest BCUT2D eigenvalue weighted by atomic mass is 35.5. The lowest BCUT2D eigenvalue weighted by atomic mass is 10.4. The Morgan fingerprint density at radius 2 is 2.38 bits per heavy atom. The quantitative estimate of drug-likeness (QED) is 0.517. The molecular formula is C5H5ClOS. The van der Waals surface area contributed by atoms with Crippen LogP contribution in [-0.4, -0.2) is 17.3 Å². The van der Waals surface area contributed by atoms with Crippen LogP contribution < -0.4 is 0 Å². The number of allylic oxidation sites excluding steroid dienone is 1. The van der Waals surface area contributed by atoms with Gasteiger partial charge in [0.25, 0.3) is 0 Å². The Morgan fingerprint density at radius 1 is 1.62 bits per heavy atom. The Kier molecular flexibility index (Phi) is 1.97. The van der Waals surface area contributed by atoms with Crippen molar-refractivity contribution in [1.29, 1.82) is 0 Å². The van der Waals surface area contributed by atoms with Gasteiger partial charge in [0.15, 0.2) is 5.78 Å².